The summed E-state index contributed by atoms with van der Waals surface area (Å²) < 4.78 is 1.98. The van der Waals surface area contributed by atoms with Crippen LogP contribution in [-0.2, 0) is 7.05 Å². The number of benzene rings is 1. The van der Waals surface area contributed by atoms with Crippen LogP contribution in [0, 0.1) is 0 Å². The van der Waals surface area contributed by atoms with E-state index in [1.54, 1.807) is 6.20 Å². The Bertz CT molecular complexity index is 1070. The van der Waals surface area contributed by atoms with Gasteiger partial charge in [-0.1, -0.05) is 11.6 Å². The largest absolute Gasteiger partial charge is 0.336 e. The van der Waals surface area contributed by atoms with Gasteiger partial charge in [-0.25, -0.2) is 4.98 Å². The van der Waals surface area contributed by atoms with Gasteiger partial charge in [-0.15, -0.1) is 24.8 Å². The SMILES string of the molecule is Cl.Cl.Cn1ccnc1C1CNCCN1C(=O)c1cc(C2CC2)nc2ccc(Cl)cc12. The summed E-state index contributed by atoms with van der Waals surface area (Å²) in [5.41, 5.74) is 2.54. The highest BCUT2D eigenvalue weighted by atomic mass is 35.5. The number of fused-ring (bicyclic) bond motifs is 1. The molecule has 6 nitrogen and oxygen atoms in total. The van der Waals surface area contributed by atoms with Crippen LogP contribution in [-0.4, -0.2) is 45.0 Å². The Morgan fingerprint density at radius 2 is 2.03 bits per heavy atom. The van der Waals surface area contributed by atoms with E-state index < -0.39 is 0 Å². The molecule has 1 unspecified atom stereocenters. The van der Waals surface area contributed by atoms with Crippen LogP contribution in [0.5, 0.6) is 0 Å². The number of amides is 1. The second-order valence-corrected chi connectivity index (χ2v) is 8.08. The number of aryl methyl sites for hydroxylation is 1. The molecule has 1 aliphatic carbocycles. The average molecular weight is 469 g/mol. The van der Waals surface area contributed by atoms with Crippen LogP contribution in [0.15, 0.2) is 36.7 Å². The van der Waals surface area contributed by atoms with Crippen molar-refractivity contribution in [1.29, 1.82) is 0 Å². The van der Waals surface area contributed by atoms with E-state index in [1.807, 2.05) is 47.0 Å². The first-order valence-corrected chi connectivity index (χ1v) is 10.1. The Labute approximate surface area is 192 Å². The molecule has 1 amide bonds. The van der Waals surface area contributed by atoms with E-state index in [0.29, 0.717) is 29.6 Å². The summed E-state index contributed by atoms with van der Waals surface area (Å²) in [6.45, 7) is 2.10. The summed E-state index contributed by atoms with van der Waals surface area (Å²) in [7, 11) is 1.96. The van der Waals surface area contributed by atoms with Crippen molar-refractivity contribution >= 4 is 53.2 Å². The lowest BCUT2D eigenvalue weighted by Crippen LogP contribution is -2.49. The maximum atomic E-state index is 13.7. The lowest BCUT2D eigenvalue weighted by molar-refractivity contribution is 0.0622. The zero-order valence-corrected chi connectivity index (χ0v) is 18.9. The number of hydrogen-bond acceptors (Lipinski definition) is 4. The molecule has 1 atom stereocenters. The number of nitrogens with zero attached hydrogens (tertiary/aromatic N) is 4. The van der Waals surface area contributed by atoms with Gasteiger partial charge in [-0.2, -0.15) is 0 Å². The fraction of sp³-hybridized carbons (Fsp3) is 0.381. The molecule has 1 aromatic carbocycles. The van der Waals surface area contributed by atoms with Gasteiger partial charge in [0, 0.05) is 61.1 Å². The van der Waals surface area contributed by atoms with E-state index in [-0.39, 0.29) is 36.8 Å². The number of rotatable bonds is 3. The van der Waals surface area contributed by atoms with E-state index in [2.05, 4.69) is 10.3 Å². The third kappa shape index (κ3) is 4.14. The molecule has 2 fully saturated rings. The van der Waals surface area contributed by atoms with Gasteiger partial charge in [0.15, 0.2) is 0 Å². The topological polar surface area (TPSA) is 63.1 Å². The van der Waals surface area contributed by atoms with E-state index in [4.69, 9.17) is 16.6 Å². The van der Waals surface area contributed by atoms with Crippen molar-refractivity contribution < 1.29 is 4.79 Å². The molecule has 2 aliphatic rings. The van der Waals surface area contributed by atoms with Crippen LogP contribution < -0.4 is 5.32 Å². The van der Waals surface area contributed by atoms with Crippen molar-refractivity contribution in [2.24, 2.45) is 7.05 Å². The first kappa shape index (κ1) is 22.8. The highest BCUT2D eigenvalue weighted by molar-refractivity contribution is 6.31. The lowest BCUT2D eigenvalue weighted by Gasteiger charge is -2.36. The lowest BCUT2D eigenvalue weighted by atomic mass is 10.0. The molecule has 9 heteroatoms. The summed E-state index contributed by atoms with van der Waals surface area (Å²) in [6.07, 6.45) is 5.98. The standard InChI is InChI=1S/C21H22ClN5O.2ClH/c1-26-8-7-24-20(26)19-12-23-6-9-27(19)21(28)16-11-18(13-2-3-13)25-17-5-4-14(22)10-15(16)17;;/h4-5,7-8,10-11,13,19,23H,2-3,6,9,12H2,1H3;2*1H. The highest BCUT2D eigenvalue weighted by Gasteiger charge is 2.33. The average Bonchev–Trinajstić information content (AvgIpc) is 3.48. The highest BCUT2D eigenvalue weighted by Crippen LogP contribution is 2.40. The van der Waals surface area contributed by atoms with Crippen molar-refractivity contribution in [1.82, 2.24) is 24.8 Å². The van der Waals surface area contributed by atoms with E-state index in [9.17, 15) is 4.79 Å². The molecule has 3 heterocycles. The van der Waals surface area contributed by atoms with Crippen LogP contribution in [0.1, 0.15) is 46.7 Å². The molecule has 0 bridgehead atoms. The molecule has 1 aliphatic heterocycles. The summed E-state index contributed by atoms with van der Waals surface area (Å²) in [4.78, 5) is 24.9. The predicted octanol–water partition coefficient (Wildman–Crippen LogP) is 4.13. The van der Waals surface area contributed by atoms with Gasteiger partial charge in [-0.3, -0.25) is 9.78 Å². The summed E-state index contributed by atoms with van der Waals surface area (Å²) in [5, 5.41) is 4.82. The van der Waals surface area contributed by atoms with Gasteiger partial charge in [0.05, 0.1) is 11.1 Å². The van der Waals surface area contributed by atoms with Gasteiger partial charge in [0.1, 0.15) is 11.9 Å². The molecule has 0 radical (unpaired) electrons. The monoisotopic (exact) mass is 467 g/mol. The van der Waals surface area contributed by atoms with Gasteiger partial charge < -0.3 is 14.8 Å². The second-order valence-electron chi connectivity index (χ2n) is 7.65. The zero-order valence-electron chi connectivity index (χ0n) is 16.5. The van der Waals surface area contributed by atoms with E-state index >= 15 is 0 Å². The molecular weight excluding hydrogens is 445 g/mol. The predicted molar refractivity (Wildman–Crippen MR) is 123 cm³/mol. The van der Waals surface area contributed by atoms with Crippen LogP contribution in [0.2, 0.25) is 5.02 Å². The Hall–Kier alpha value is -1.86. The molecule has 0 spiro atoms. The Balaban J connectivity index is 0.00000128. The Morgan fingerprint density at radius 1 is 1.23 bits per heavy atom. The number of pyridine rings is 1. The van der Waals surface area contributed by atoms with Crippen LogP contribution in [0.25, 0.3) is 10.9 Å². The van der Waals surface area contributed by atoms with Crippen molar-refractivity contribution in [3.63, 3.8) is 0 Å². The van der Waals surface area contributed by atoms with Crippen molar-refractivity contribution in [3.8, 4) is 0 Å². The number of carbonyl (C=O) groups is 1. The quantitative estimate of drug-likeness (QED) is 0.628. The molecule has 1 saturated heterocycles. The van der Waals surface area contributed by atoms with Crippen LogP contribution in [0.3, 0.4) is 0 Å². The van der Waals surface area contributed by atoms with E-state index in [1.165, 1.54) is 0 Å². The van der Waals surface area contributed by atoms with Gasteiger partial charge >= 0.3 is 0 Å². The van der Waals surface area contributed by atoms with Crippen molar-refractivity contribution in [3.05, 3.63) is 58.8 Å². The maximum Gasteiger partial charge on any atom is 0.255 e. The van der Waals surface area contributed by atoms with Gasteiger partial charge in [0.2, 0.25) is 0 Å². The van der Waals surface area contributed by atoms with Crippen molar-refractivity contribution in [2.45, 2.75) is 24.8 Å². The molecule has 5 rings (SSSR count). The normalized spacial score (nSPS) is 18.6. The van der Waals surface area contributed by atoms with Gasteiger partial charge in [-0.05, 0) is 37.1 Å². The first-order chi connectivity index (χ1) is 13.6. The third-order valence-electron chi connectivity index (χ3n) is 5.68. The van der Waals surface area contributed by atoms with Crippen LogP contribution >= 0.6 is 36.4 Å². The smallest absolute Gasteiger partial charge is 0.255 e. The minimum atomic E-state index is -0.104. The molecule has 1 N–H and O–H groups in total. The Morgan fingerprint density at radius 3 is 2.73 bits per heavy atom. The number of piperazine rings is 1. The minimum Gasteiger partial charge on any atom is -0.336 e. The molecule has 30 heavy (non-hydrogen) atoms. The molecule has 1 saturated carbocycles. The maximum absolute atomic E-state index is 13.7. The molecule has 2 aromatic heterocycles. The Kier molecular flexibility index (Phi) is 6.92. The molecule has 160 valence electrons. The number of hydrogen-bond donors (Lipinski definition) is 1. The zero-order chi connectivity index (χ0) is 19.3. The summed E-state index contributed by atoms with van der Waals surface area (Å²) in [6, 6.07) is 7.48. The fourth-order valence-corrected chi connectivity index (χ4v) is 4.19. The molecular formula is C21H24Cl3N5O. The third-order valence-corrected chi connectivity index (χ3v) is 5.91. The van der Waals surface area contributed by atoms with Crippen LogP contribution in [0.4, 0.5) is 0 Å². The van der Waals surface area contributed by atoms with Crippen molar-refractivity contribution in [2.75, 3.05) is 19.6 Å². The number of aromatic nitrogens is 3. The number of nitrogens with one attached hydrogen (secondary N) is 1. The first-order valence-electron chi connectivity index (χ1n) is 9.71. The fourth-order valence-electron chi connectivity index (χ4n) is 4.01. The van der Waals surface area contributed by atoms with E-state index in [0.717, 1.165) is 41.8 Å². The summed E-state index contributed by atoms with van der Waals surface area (Å²) >= 11 is 6.25. The molecule has 3 aromatic rings. The van der Waals surface area contributed by atoms with Gasteiger partial charge in [0.25, 0.3) is 5.91 Å². The number of halogens is 3. The number of carbonyl (C=O) groups excluding carboxylic acids is 1. The summed E-state index contributed by atoms with van der Waals surface area (Å²) in [5.74, 6) is 1.38. The minimum absolute atomic E-state index is 0. The number of imidazole rings is 1. The second kappa shape index (κ2) is 9.10.